The molecule has 5 aromatic rings. The van der Waals surface area contributed by atoms with Crippen LogP contribution < -0.4 is 10.5 Å². The maximum absolute atomic E-state index is 14.2. The molecule has 2 aromatic heterocycles. The molecular formula is C28H22F2N4O2S2. The van der Waals surface area contributed by atoms with Gasteiger partial charge in [-0.1, -0.05) is 36.4 Å². The monoisotopic (exact) mass is 548 g/mol. The van der Waals surface area contributed by atoms with Crippen LogP contribution >= 0.6 is 23.6 Å². The molecule has 0 bridgehead atoms. The number of carbonyl (C=O) groups is 1. The van der Waals surface area contributed by atoms with E-state index in [0.29, 0.717) is 62.8 Å². The van der Waals surface area contributed by atoms with E-state index in [4.69, 9.17) is 12.2 Å². The Morgan fingerprint density at radius 2 is 1.66 bits per heavy atom. The first-order valence-electron chi connectivity index (χ1n) is 12.1. The van der Waals surface area contributed by atoms with Gasteiger partial charge in [0.15, 0.2) is 3.95 Å². The van der Waals surface area contributed by atoms with Crippen LogP contribution in [0.4, 0.5) is 14.5 Å². The van der Waals surface area contributed by atoms with Crippen molar-refractivity contribution in [1.82, 2.24) is 13.9 Å². The quantitative estimate of drug-likeness (QED) is 0.285. The van der Waals surface area contributed by atoms with Gasteiger partial charge in [0.25, 0.3) is 5.56 Å². The van der Waals surface area contributed by atoms with Gasteiger partial charge in [-0.15, -0.1) is 11.3 Å². The van der Waals surface area contributed by atoms with Gasteiger partial charge in [-0.2, -0.15) is 0 Å². The average Bonchev–Trinajstić information content (AvgIpc) is 3.28. The molecule has 10 heteroatoms. The summed E-state index contributed by atoms with van der Waals surface area (Å²) in [5.41, 5.74) is 1.88. The van der Waals surface area contributed by atoms with Crippen LogP contribution in [0, 0.1) is 15.6 Å². The Kier molecular flexibility index (Phi) is 6.29. The molecule has 192 valence electrons. The molecule has 6 rings (SSSR count). The van der Waals surface area contributed by atoms with Crippen LogP contribution in [0.2, 0.25) is 0 Å². The van der Waals surface area contributed by atoms with Gasteiger partial charge in [0.1, 0.15) is 23.8 Å². The largest absolute Gasteiger partial charge is 0.366 e. The van der Waals surface area contributed by atoms with Crippen LogP contribution in [-0.4, -0.2) is 46.0 Å². The number of para-hydroxylation sites is 2. The van der Waals surface area contributed by atoms with Gasteiger partial charge in [-0.25, -0.2) is 8.78 Å². The summed E-state index contributed by atoms with van der Waals surface area (Å²) in [4.78, 5) is 31.4. The van der Waals surface area contributed by atoms with E-state index in [1.807, 2.05) is 17.0 Å². The van der Waals surface area contributed by atoms with Gasteiger partial charge in [0, 0.05) is 26.2 Å². The zero-order valence-electron chi connectivity index (χ0n) is 20.1. The van der Waals surface area contributed by atoms with E-state index in [9.17, 15) is 18.4 Å². The molecule has 3 heterocycles. The Hall–Kier alpha value is -3.89. The molecule has 1 fully saturated rings. The molecule has 1 saturated heterocycles. The smallest absolute Gasteiger partial charge is 0.262 e. The van der Waals surface area contributed by atoms with Gasteiger partial charge >= 0.3 is 0 Å². The first-order valence-corrected chi connectivity index (χ1v) is 13.3. The summed E-state index contributed by atoms with van der Waals surface area (Å²) in [5.74, 6) is -0.922. The number of piperazine rings is 1. The Labute approximate surface area is 225 Å². The number of hydrogen-bond donors (Lipinski definition) is 0. The fourth-order valence-electron chi connectivity index (χ4n) is 5.02. The van der Waals surface area contributed by atoms with Crippen molar-refractivity contribution in [3.05, 3.63) is 98.7 Å². The third-order valence-electron chi connectivity index (χ3n) is 6.87. The van der Waals surface area contributed by atoms with E-state index in [0.717, 1.165) is 0 Å². The lowest BCUT2D eigenvalue weighted by molar-refractivity contribution is -0.132. The number of rotatable bonds is 4. The number of thiazole rings is 1. The molecule has 0 atom stereocenters. The average molecular weight is 549 g/mol. The lowest BCUT2D eigenvalue weighted by Gasteiger charge is -2.36. The van der Waals surface area contributed by atoms with Crippen LogP contribution in [0.25, 0.3) is 27.0 Å². The van der Waals surface area contributed by atoms with Crippen molar-refractivity contribution >= 4 is 51.7 Å². The zero-order valence-corrected chi connectivity index (χ0v) is 21.8. The van der Waals surface area contributed by atoms with E-state index < -0.39 is 5.82 Å². The second-order valence-electron chi connectivity index (χ2n) is 9.09. The van der Waals surface area contributed by atoms with E-state index in [2.05, 4.69) is 0 Å². The second kappa shape index (κ2) is 9.77. The van der Waals surface area contributed by atoms with Crippen LogP contribution in [0.3, 0.4) is 0 Å². The number of amides is 1. The minimum absolute atomic E-state index is 0.194. The predicted octanol–water partition coefficient (Wildman–Crippen LogP) is 5.34. The van der Waals surface area contributed by atoms with Gasteiger partial charge in [0.05, 0.1) is 21.5 Å². The SMILES string of the molecule is O=C(Cn1c(=O)c2ccccc2n2c(=S)sc(-c3cccc(F)c3)c12)N1CCN(c2ccccc2F)CC1. The van der Waals surface area contributed by atoms with Crippen molar-refractivity contribution in [2.24, 2.45) is 0 Å². The molecule has 6 nitrogen and oxygen atoms in total. The normalized spacial score (nSPS) is 13.9. The summed E-state index contributed by atoms with van der Waals surface area (Å²) < 4.78 is 32.1. The molecule has 0 spiro atoms. The van der Waals surface area contributed by atoms with Crippen LogP contribution in [0.15, 0.2) is 77.6 Å². The summed E-state index contributed by atoms with van der Waals surface area (Å²) in [5, 5.41) is 0.442. The first-order chi connectivity index (χ1) is 18.4. The minimum atomic E-state index is -0.404. The maximum atomic E-state index is 14.2. The maximum Gasteiger partial charge on any atom is 0.262 e. The topological polar surface area (TPSA) is 50.0 Å². The molecule has 1 amide bonds. The van der Waals surface area contributed by atoms with Crippen molar-refractivity contribution < 1.29 is 13.6 Å². The summed E-state index contributed by atoms with van der Waals surface area (Å²) in [6, 6.07) is 19.8. The Morgan fingerprint density at radius 3 is 2.42 bits per heavy atom. The van der Waals surface area contributed by atoms with E-state index in [-0.39, 0.29) is 23.8 Å². The second-order valence-corrected chi connectivity index (χ2v) is 10.7. The molecule has 1 aliphatic heterocycles. The Bertz CT molecular complexity index is 1820. The van der Waals surface area contributed by atoms with Gasteiger partial charge < -0.3 is 9.80 Å². The highest BCUT2D eigenvalue weighted by molar-refractivity contribution is 7.73. The number of fused-ring (bicyclic) bond motifs is 3. The third kappa shape index (κ3) is 4.19. The van der Waals surface area contributed by atoms with E-state index in [1.54, 1.807) is 51.8 Å². The van der Waals surface area contributed by atoms with Crippen molar-refractivity contribution in [1.29, 1.82) is 0 Å². The predicted molar refractivity (Wildman–Crippen MR) is 148 cm³/mol. The molecule has 38 heavy (non-hydrogen) atoms. The highest BCUT2D eigenvalue weighted by Crippen LogP contribution is 2.33. The highest BCUT2D eigenvalue weighted by atomic mass is 32.1. The molecule has 3 aromatic carbocycles. The minimum Gasteiger partial charge on any atom is -0.366 e. The fourth-order valence-corrected chi connectivity index (χ4v) is 6.44. The van der Waals surface area contributed by atoms with Crippen molar-refractivity contribution in [3.63, 3.8) is 0 Å². The first kappa shape index (κ1) is 24.4. The summed E-state index contributed by atoms with van der Waals surface area (Å²) in [6.45, 7) is 1.57. The van der Waals surface area contributed by atoms with E-state index in [1.165, 1.54) is 34.1 Å². The molecule has 0 saturated carbocycles. The Morgan fingerprint density at radius 1 is 0.921 bits per heavy atom. The van der Waals surface area contributed by atoms with Crippen LogP contribution in [0.1, 0.15) is 0 Å². The van der Waals surface area contributed by atoms with Crippen molar-refractivity contribution in [3.8, 4) is 10.4 Å². The molecule has 0 radical (unpaired) electrons. The Balaban J connectivity index is 1.40. The third-order valence-corrected chi connectivity index (χ3v) is 8.28. The number of carbonyl (C=O) groups excluding carboxylic acids is 1. The number of anilines is 1. The van der Waals surface area contributed by atoms with Crippen LogP contribution in [0.5, 0.6) is 0 Å². The number of hydrogen-bond acceptors (Lipinski definition) is 5. The van der Waals surface area contributed by atoms with E-state index >= 15 is 0 Å². The lowest BCUT2D eigenvalue weighted by Crippen LogP contribution is -2.50. The zero-order chi connectivity index (χ0) is 26.4. The standard InChI is InChI=1S/C28H22F2N4O2S2/c29-19-7-5-6-18(16-19)25-26-33(27(36)20-8-1-3-10-22(20)34(26)28(37)38-25)17-24(35)32-14-12-31(13-15-32)23-11-4-2-9-21(23)30/h1-11,16H,12-15,17H2. The van der Waals surface area contributed by atoms with Gasteiger partial charge in [0.2, 0.25) is 5.91 Å². The number of aromatic nitrogens is 2. The summed E-state index contributed by atoms with van der Waals surface area (Å²) in [6.07, 6.45) is 0. The number of benzene rings is 3. The number of halogens is 2. The van der Waals surface area contributed by atoms with Gasteiger partial charge in [-0.3, -0.25) is 18.6 Å². The number of nitrogens with zero attached hydrogens (tertiary/aromatic N) is 4. The molecule has 0 aliphatic carbocycles. The highest BCUT2D eigenvalue weighted by Gasteiger charge is 2.25. The lowest BCUT2D eigenvalue weighted by atomic mass is 10.1. The fraction of sp³-hybridized carbons (Fsp3) is 0.179. The van der Waals surface area contributed by atoms with Gasteiger partial charge in [-0.05, 0) is 54.2 Å². The van der Waals surface area contributed by atoms with Crippen molar-refractivity contribution in [2.45, 2.75) is 6.54 Å². The van der Waals surface area contributed by atoms with Crippen molar-refractivity contribution in [2.75, 3.05) is 31.1 Å². The summed E-state index contributed by atoms with van der Waals surface area (Å²) in [7, 11) is 0. The molecule has 0 N–H and O–H groups in total. The molecule has 1 aliphatic rings. The molecule has 0 unspecified atom stereocenters. The summed E-state index contributed by atoms with van der Waals surface area (Å²) >= 11 is 6.96. The van der Waals surface area contributed by atoms with Crippen LogP contribution in [-0.2, 0) is 11.3 Å². The molecular weight excluding hydrogens is 526 g/mol.